The maximum absolute atomic E-state index is 5.51. The van der Waals surface area contributed by atoms with Crippen LogP contribution >= 0.6 is 0 Å². The quantitative estimate of drug-likeness (QED) is 0.811. The number of tetrazole rings is 1. The van der Waals surface area contributed by atoms with Crippen molar-refractivity contribution in [1.29, 1.82) is 0 Å². The van der Waals surface area contributed by atoms with Crippen molar-refractivity contribution in [1.82, 2.24) is 20.2 Å². The van der Waals surface area contributed by atoms with Crippen LogP contribution in [0.3, 0.4) is 0 Å². The molecule has 0 amide bonds. The SMILES string of the molecule is CCOC(C)n1nnnc1-c1ccccc1C. The molecule has 0 bridgehead atoms. The van der Waals surface area contributed by atoms with Gasteiger partial charge in [-0.25, -0.2) is 0 Å². The molecule has 2 rings (SSSR count). The van der Waals surface area contributed by atoms with E-state index in [0.29, 0.717) is 6.61 Å². The molecule has 1 unspecified atom stereocenters. The number of aryl methyl sites for hydroxylation is 1. The van der Waals surface area contributed by atoms with Gasteiger partial charge in [0, 0.05) is 12.2 Å². The smallest absolute Gasteiger partial charge is 0.184 e. The van der Waals surface area contributed by atoms with E-state index in [9.17, 15) is 0 Å². The highest BCUT2D eigenvalue weighted by Crippen LogP contribution is 2.22. The molecule has 1 heterocycles. The van der Waals surface area contributed by atoms with Gasteiger partial charge in [-0.3, -0.25) is 0 Å². The van der Waals surface area contributed by atoms with Gasteiger partial charge < -0.3 is 4.74 Å². The molecule has 0 radical (unpaired) electrons. The van der Waals surface area contributed by atoms with Crippen LogP contribution in [0.1, 0.15) is 25.6 Å². The van der Waals surface area contributed by atoms with E-state index in [1.54, 1.807) is 4.68 Å². The van der Waals surface area contributed by atoms with E-state index in [2.05, 4.69) is 15.5 Å². The zero-order chi connectivity index (χ0) is 12.3. The van der Waals surface area contributed by atoms with E-state index >= 15 is 0 Å². The summed E-state index contributed by atoms with van der Waals surface area (Å²) in [5.74, 6) is 0.740. The summed E-state index contributed by atoms with van der Waals surface area (Å²) in [7, 11) is 0. The normalized spacial score (nSPS) is 12.6. The van der Waals surface area contributed by atoms with Crippen molar-refractivity contribution in [3.05, 3.63) is 29.8 Å². The highest BCUT2D eigenvalue weighted by atomic mass is 16.5. The van der Waals surface area contributed by atoms with Gasteiger partial charge >= 0.3 is 0 Å². The van der Waals surface area contributed by atoms with Crippen molar-refractivity contribution >= 4 is 0 Å². The molecule has 2 aromatic rings. The second-order valence-corrected chi connectivity index (χ2v) is 3.82. The Bertz CT molecular complexity index is 495. The molecular weight excluding hydrogens is 216 g/mol. The average Bonchev–Trinajstić information content (AvgIpc) is 2.79. The lowest BCUT2D eigenvalue weighted by Crippen LogP contribution is -2.12. The number of hydrogen-bond acceptors (Lipinski definition) is 4. The van der Waals surface area contributed by atoms with Crippen LogP contribution in [-0.2, 0) is 4.74 Å². The molecule has 17 heavy (non-hydrogen) atoms. The lowest BCUT2D eigenvalue weighted by atomic mass is 10.1. The monoisotopic (exact) mass is 232 g/mol. The Balaban J connectivity index is 2.40. The second kappa shape index (κ2) is 5.05. The molecule has 0 spiro atoms. The fourth-order valence-electron chi connectivity index (χ4n) is 1.75. The fraction of sp³-hybridized carbons (Fsp3) is 0.417. The molecule has 1 atom stereocenters. The van der Waals surface area contributed by atoms with Gasteiger partial charge in [0.1, 0.15) is 0 Å². The van der Waals surface area contributed by atoms with Crippen molar-refractivity contribution in [2.75, 3.05) is 6.61 Å². The minimum absolute atomic E-state index is 0.162. The summed E-state index contributed by atoms with van der Waals surface area (Å²) in [6, 6.07) is 8.03. The largest absolute Gasteiger partial charge is 0.357 e. The van der Waals surface area contributed by atoms with E-state index in [4.69, 9.17) is 4.74 Å². The van der Waals surface area contributed by atoms with E-state index in [1.807, 2.05) is 45.0 Å². The third-order valence-corrected chi connectivity index (χ3v) is 2.63. The maximum Gasteiger partial charge on any atom is 0.184 e. The van der Waals surface area contributed by atoms with Crippen molar-refractivity contribution in [2.24, 2.45) is 0 Å². The predicted octanol–water partition coefficient (Wildman–Crippen LogP) is 2.20. The fourth-order valence-corrected chi connectivity index (χ4v) is 1.75. The molecule has 90 valence electrons. The third-order valence-electron chi connectivity index (χ3n) is 2.63. The van der Waals surface area contributed by atoms with E-state index in [0.717, 1.165) is 17.0 Å². The van der Waals surface area contributed by atoms with E-state index in [1.165, 1.54) is 0 Å². The maximum atomic E-state index is 5.51. The van der Waals surface area contributed by atoms with Gasteiger partial charge in [0.25, 0.3) is 0 Å². The van der Waals surface area contributed by atoms with Crippen LogP contribution in [-0.4, -0.2) is 26.8 Å². The molecule has 0 N–H and O–H groups in total. The zero-order valence-corrected chi connectivity index (χ0v) is 10.3. The Labute approximate surface area is 100 Å². The first-order valence-corrected chi connectivity index (χ1v) is 5.69. The number of benzene rings is 1. The first-order valence-electron chi connectivity index (χ1n) is 5.69. The highest BCUT2D eigenvalue weighted by Gasteiger charge is 2.15. The van der Waals surface area contributed by atoms with Crippen LogP contribution in [0.4, 0.5) is 0 Å². The van der Waals surface area contributed by atoms with Crippen molar-refractivity contribution in [3.63, 3.8) is 0 Å². The summed E-state index contributed by atoms with van der Waals surface area (Å²) in [6.07, 6.45) is -0.162. The number of nitrogens with zero attached hydrogens (tertiary/aromatic N) is 4. The Morgan fingerprint density at radius 2 is 2.12 bits per heavy atom. The molecule has 0 aliphatic carbocycles. The number of rotatable bonds is 4. The summed E-state index contributed by atoms with van der Waals surface area (Å²) in [4.78, 5) is 0. The molecule has 1 aromatic carbocycles. The molecule has 1 aromatic heterocycles. The Morgan fingerprint density at radius 1 is 1.35 bits per heavy atom. The summed E-state index contributed by atoms with van der Waals surface area (Å²) in [5, 5.41) is 11.8. The van der Waals surface area contributed by atoms with Crippen molar-refractivity contribution < 1.29 is 4.74 Å². The predicted molar refractivity (Wildman–Crippen MR) is 64.3 cm³/mol. The molecule has 0 saturated carbocycles. The Kier molecular flexibility index (Phi) is 3.49. The van der Waals surface area contributed by atoms with Gasteiger partial charge in [0.05, 0.1) is 0 Å². The molecular formula is C12H16N4O. The van der Waals surface area contributed by atoms with Crippen LogP contribution in [0, 0.1) is 6.92 Å². The lowest BCUT2D eigenvalue weighted by molar-refractivity contribution is 0.0159. The van der Waals surface area contributed by atoms with E-state index in [-0.39, 0.29) is 6.23 Å². The standard InChI is InChI=1S/C12H16N4O/c1-4-17-10(3)16-12(13-14-15-16)11-8-6-5-7-9(11)2/h5-8,10H,4H2,1-3H3. The summed E-state index contributed by atoms with van der Waals surface area (Å²) in [6.45, 7) is 6.56. The third kappa shape index (κ3) is 2.34. The number of ether oxygens (including phenoxy) is 1. The van der Waals surface area contributed by atoms with Crippen molar-refractivity contribution in [3.8, 4) is 11.4 Å². The van der Waals surface area contributed by atoms with Gasteiger partial charge in [-0.2, -0.15) is 4.68 Å². The first kappa shape index (κ1) is 11.7. The molecule has 0 saturated heterocycles. The second-order valence-electron chi connectivity index (χ2n) is 3.82. The van der Waals surface area contributed by atoms with Crippen LogP contribution in [0.25, 0.3) is 11.4 Å². The van der Waals surface area contributed by atoms with Gasteiger partial charge in [0.2, 0.25) is 0 Å². The molecule has 5 nitrogen and oxygen atoms in total. The van der Waals surface area contributed by atoms with Gasteiger partial charge in [-0.05, 0) is 36.8 Å². The summed E-state index contributed by atoms with van der Waals surface area (Å²) < 4.78 is 7.21. The van der Waals surface area contributed by atoms with Crippen LogP contribution in [0.2, 0.25) is 0 Å². The minimum Gasteiger partial charge on any atom is -0.357 e. The summed E-state index contributed by atoms with van der Waals surface area (Å²) >= 11 is 0. The molecule has 0 aliphatic heterocycles. The van der Waals surface area contributed by atoms with Gasteiger partial charge in [0.15, 0.2) is 12.1 Å². The van der Waals surface area contributed by atoms with Crippen LogP contribution in [0.5, 0.6) is 0 Å². The lowest BCUT2D eigenvalue weighted by Gasteiger charge is -2.13. The first-order chi connectivity index (χ1) is 8.24. The number of aromatic nitrogens is 4. The highest BCUT2D eigenvalue weighted by molar-refractivity contribution is 5.59. The Morgan fingerprint density at radius 3 is 2.82 bits per heavy atom. The van der Waals surface area contributed by atoms with Crippen LogP contribution < -0.4 is 0 Å². The summed E-state index contributed by atoms with van der Waals surface area (Å²) in [5.41, 5.74) is 2.18. The van der Waals surface area contributed by atoms with Crippen molar-refractivity contribution in [2.45, 2.75) is 27.0 Å². The number of hydrogen-bond donors (Lipinski definition) is 0. The minimum atomic E-state index is -0.162. The zero-order valence-electron chi connectivity index (χ0n) is 10.3. The van der Waals surface area contributed by atoms with Crippen LogP contribution in [0.15, 0.2) is 24.3 Å². The van der Waals surface area contributed by atoms with Gasteiger partial charge in [-0.1, -0.05) is 24.3 Å². The average molecular weight is 232 g/mol. The molecule has 5 heteroatoms. The van der Waals surface area contributed by atoms with E-state index < -0.39 is 0 Å². The molecule has 0 aliphatic rings. The van der Waals surface area contributed by atoms with Gasteiger partial charge in [-0.15, -0.1) is 5.10 Å². The molecule has 0 fully saturated rings. The topological polar surface area (TPSA) is 52.8 Å². The Hall–Kier alpha value is -1.75.